The van der Waals surface area contributed by atoms with Gasteiger partial charge in [0.2, 0.25) is 0 Å². The van der Waals surface area contributed by atoms with Crippen molar-refractivity contribution in [3.63, 3.8) is 0 Å². The number of rotatable bonds is 5. The summed E-state index contributed by atoms with van der Waals surface area (Å²) in [6.45, 7) is 11.6. The summed E-state index contributed by atoms with van der Waals surface area (Å²) in [6, 6.07) is 0. The van der Waals surface area contributed by atoms with Gasteiger partial charge >= 0.3 is 0 Å². The van der Waals surface area contributed by atoms with Gasteiger partial charge in [-0.05, 0) is 112 Å². The maximum Gasteiger partial charge on any atom is 0.0591 e. The van der Waals surface area contributed by atoms with Crippen molar-refractivity contribution in [2.24, 2.45) is 40.4 Å². The van der Waals surface area contributed by atoms with Gasteiger partial charge in [-0.2, -0.15) is 0 Å². The van der Waals surface area contributed by atoms with E-state index in [0.717, 1.165) is 55.3 Å². The molecule has 0 bridgehead atoms. The highest BCUT2D eigenvalue weighted by Gasteiger charge is 2.59. The zero-order valence-electron chi connectivity index (χ0n) is 19.7. The van der Waals surface area contributed by atoms with Gasteiger partial charge in [-0.25, -0.2) is 0 Å². The molecule has 0 radical (unpaired) electrons. The molecule has 2 nitrogen and oxygen atoms in total. The lowest BCUT2D eigenvalue weighted by molar-refractivity contribution is -0.0575. The monoisotopic (exact) mass is 402 g/mol. The molecule has 4 aliphatic rings. The molecular weight excluding hydrogens is 356 g/mol. The van der Waals surface area contributed by atoms with Crippen LogP contribution in [0.2, 0.25) is 0 Å². The van der Waals surface area contributed by atoms with Crippen LogP contribution in [-0.2, 0) is 0 Å². The van der Waals surface area contributed by atoms with Crippen LogP contribution in [-0.4, -0.2) is 21.9 Å². The molecule has 2 heteroatoms. The van der Waals surface area contributed by atoms with Crippen LogP contribution in [0.25, 0.3) is 0 Å². The molecule has 0 aromatic heterocycles. The van der Waals surface area contributed by atoms with E-state index in [-0.39, 0.29) is 6.10 Å². The lowest BCUT2D eigenvalue weighted by Gasteiger charge is -2.58. The lowest BCUT2D eigenvalue weighted by Crippen LogP contribution is -2.50. The summed E-state index contributed by atoms with van der Waals surface area (Å²) >= 11 is 0. The highest BCUT2D eigenvalue weighted by atomic mass is 16.3. The fourth-order valence-corrected chi connectivity index (χ4v) is 8.67. The Balaban J connectivity index is 1.47. The van der Waals surface area contributed by atoms with Crippen LogP contribution >= 0.6 is 0 Å². The molecule has 29 heavy (non-hydrogen) atoms. The Bertz CT molecular complexity index is 631. The summed E-state index contributed by atoms with van der Waals surface area (Å²) in [5.74, 6) is 4.24. The maximum atomic E-state index is 10.2. The highest BCUT2D eigenvalue weighted by Crippen LogP contribution is 2.67. The standard InChI is InChI=1S/C27H46O2/c1-18(7-6-14-25(2,3)29)22-10-11-23-21-9-8-19-17-20(28)12-15-26(19,4)24(21)13-16-27(22,23)5/h8,18,20-24,28-29H,6-7,9-17H2,1-5H3/t18?,20-,21?,22+,23?,24?,26-,27+/m0/s1. The van der Waals surface area contributed by atoms with Gasteiger partial charge in [0.05, 0.1) is 11.7 Å². The Hall–Kier alpha value is -0.340. The van der Waals surface area contributed by atoms with Crippen LogP contribution in [0.5, 0.6) is 0 Å². The summed E-state index contributed by atoms with van der Waals surface area (Å²) in [7, 11) is 0. The zero-order valence-corrected chi connectivity index (χ0v) is 19.7. The van der Waals surface area contributed by atoms with E-state index < -0.39 is 5.60 Å². The van der Waals surface area contributed by atoms with Gasteiger partial charge in [-0.3, -0.25) is 0 Å². The number of allylic oxidation sites excluding steroid dienone is 1. The third kappa shape index (κ3) is 3.86. The fraction of sp³-hybridized carbons (Fsp3) is 0.926. The van der Waals surface area contributed by atoms with Gasteiger partial charge in [0, 0.05) is 0 Å². The first-order valence-corrected chi connectivity index (χ1v) is 12.6. The molecule has 2 N–H and O–H groups in total. The molecule has 0 aromatic rings. The number of aliphatic hydroxyl groups excluding tert-OH is 1. The number of hydrogen-bond acceptors (Lipinski definition) is 2. The van der Waals surface area contributed by atoms with Crippen LogP contribution in [0.3, 0.4) is 0 Å². The predicted molar refractivity (Wildman–Crippen MR) is 121 cm³/mol. The van der Waals surface area contributed by atoms with Crippen molar-refractivity contribution in [1.82, 2.24) is 0 Å². The van der Waals surface area contributed by atoms with Gasteiger partial charge in [-0.1, -0.05) is 45.3 Å². The van der Waals surface area contributed by atoms with Crippen LogP contribution < -0.4 is 0 Å². The van der Waals surface area contributed by atoms with Crippen molar-refractivity contribution in [1.29, 1.82) is 0 Å². The molecule has 0 amide bonds. The maximum absolute atomic E-state index is 10.2. The van der Waals surface area contributed by atoms with Gasteiger partial charge in [-0.15, -0.1) is 0 Å². The number of fused-ring (bicyclic) bond motifs is 5. The van der Waals surface area contributed by atoms with Gasteiger partial charge in [0.25, 0.3) is 0 Å². The molecule has 0 heterocycles. The summed E-state index contributed by atoms with van der Waals surface area (Å²) in [5.41, 5.74) is 1.95. The second kappa shape index (κ2) is 7.66. The zero-order chi connectivity index (χ0) is 21.0. The van der Waals surface area contributed by atoms with Crippen LogP contribution in [0.15, 0.2) is 11.6 Å². The number of aliphatic hydroxyl groups is 2. The Morgan fingerprint density at radius 1 is 1.10 bits per heavy atom. The minimum absolute atomic E-state index is 0.0969. The summed E-state index contributed by atoms with van der Waals surface area (Å²) in [5, 5.41) is 20.3. The van der Waals surface area contributed by atoms with Crippen molar-refractivity contribution >= 4 is 0 Å². The number of hydrogen-bond donors (Lipinski definition) is 2. The molecule has 0 spiro atoms. The first-order chi connectivity index (χ1) is 13.5. The molecule has 0 saturated heterocycles. The van der Waals surface area contributed by atoms with Gasteiger partial charge in [0.1, 0.15) is 0 Å². The smallest absolute Gasteiger partial charge is 0.0591 e. The summed E-state index contributed by atoms with van der Waals surface area (Å²) < 4.78 is 0. The molecule has 3 fully saturated rings. The van der Waals surface area contributed by atoms with E-state index >= 15 is 0 Å². The molecule has 4 rings (SSSR count). The van der Waals surface area contributed by atoms with Crippen LogP contribution in [0.4, 0.5) is 0 Å². The normalized spacial score (nSPS) is 45.8. The highest BCUT2D eigenvalue weighted by molar-refractivity contribution is 5.25. The second-order valence-corrected chi connectivity index (χ2v) is 12.6. The van der Waals surface area contributed by atoms with Crippen molar-refractivity contribution in [3.05, 3.63) is 11.6 Å². The minimum Gasteiger partial charge on any atom is -0.393 e. The molecule has 0 aliphatic heterocycles. The molecule has 166 valence electrons. The third-order valence-corrected chi connectivity index (χ3v) is 10.3. The van der Waals surface area contributed by atoms with E-state index in [1.165, 1.54) is 44.9 Å². The molecular formula is C27H46O2. The van der Waals surface area contributed by atoms with Crippen LogP contribution in [0.1, 0.15) is 105 Å². The first kappa shape index (κ1) is 21.9. The van der Waals surface area contributed by atoms with Crippen molar-refractivity contribution < 1.29 is 10.2 Å². The van der Waals surface area contributed by atoms with Gasteiger partial charge in [0.15, 0.2) is 0 Å². The Kier molecular flexibility index (Phi) is 5.78. The third-order valence-electron chi connectivity index (χ3n) is 10.3. The molecule has 0 aromatic carbocycles. The Labute approximate surface area is 179 Å². The van der Waals surface area contributed by atoms with Crippen molar-refractivity contribution in [3.8, 4) is 0 Å². The van der Waals surface area contributed by atoms with Crippen LogP contribution in [0, 0.1) is 40.4 Å². The molecule has 3 saturated carbocycles. The molecule has 4 unspecified atom stereocenters. The van der Waals surface area contributed by atoms with E-state index in [1.54, 1.807) is 5.57 Å². The summed E-state index contributed by atoms with van der Waals surface area (Å²) in [4.78, 5) is 0. The topological polar surface area (TPSA) is 40.5 Å². The molecule has 4 aliphatic carbocycles. The minimum atomic E-state index is -0.519. The molecule has 8 atom stereocenters. The van der Waals surface area contributed by atoms with E-state index in [0.29, 0.717) is 10.8 Å². The fourth-order valence-electron chi connectivity index (χ4n) is 8.67. The van der Waals surface area contributed by atoms with E-state index in [1.807, 2.05) is 13.8 Å². The van der Waals surface area contributed by atoms with E-state index in [9.17, 15) is 10.2 Å². The quantitative estimate of drug-likeness (QED) is 0.515. The predicted octanol–water partition coefficient (Wildman–Crippen LogP) is 6.50. The average Bonchev–Trinajstić information content (AvgIpc) is 2.98. The Morgan fingerprint density at radius 3 is 2.59 bits per heavy atom. The van der Waals surface area contributed by atoms with Crippen molar-refractivity contribution in [2.75, 3.05) is 0 Å². The second-order valence-electron chi connectivity index (χ2n) is 12.6. The van der Waals surface area contributed by atoms with Crippen molar-refractivity contribution in [2.45, 2.75) is 117 Å². The van der Waals surface area contributed by atoms with E-state index in [4.69, 9.17) is 0 Å². The lowest BCUT2D eigenvalue weighted by atomic mass is 9.47. The van der Waals surface area contributed by atoms with E-state index in [2.05, 4.69) is 26.8 Å². The Morgan fingerprint density at radius 2 is 1.86 bits per heavy atom. The largest absolute Gasteiger partial charge is 0.393 e. The average molecular weight is 403 g/mol. The summed E-state index contributed by atoms with van der Waals surface area (Å²) in [6.07, 6.45) is 15.9. The van der Waals surface area contributed by atoms with Gasteiger partial charge < -0.3 is 10.2 Å². The first-order valence-electron chi connectivity index (χ1n) is 12.6. The SMILES string of the molecule is CC(CCCC(C)(C)O)[C@H]1CCC2C3CC=C4C[C@@H](O)CC[C@]4(C)C3CC[C@@]21C.